The maximum atomic E-state index is 13.8. The number of carboxylic acids is 1. The molecule has 0 spiro atoms. The summed E-state index contributed by atoms with van der Waals surface area (Å²) in [4.78, 5) is 10.7. The molecule has 0 aromatic heterocycles. The second-order valence-corrected chi connectivity index (χ2v) is 3.76. The van der Waals surface area contributed by atoms with E-state index in [9.17, 15) is 14.3 Å². The van der Waals surface area contributed by atoms with Crippen molar-refractivity contribution in [1.82, 2.24) is 0 Å². The van der Waals surface area contributed by atoms with Gasteiger partial charge in [0, 0.05) is 5.56 Å². The third kappa shape index (κ3) is 2.28. The summed E-state index contributed by atoms with van der Waals surface area (Å²) in [5.41, 5.74) is -0.266. The first-order chi connectivity index (χ1) is 7.52. The number of aliphatic hydroxyl groups is 1. The second-order valence-electron chi connectivity index (χ2n) is 2.95. The Kier molecular flexibility index (Phi) is 4.14. The highest BCUT2D eigenvalue weighted by atomic mass is 32.2. The van der Waals surface area contributed by atoms with Gasteiger partial charge in [0.05, 0.1) is 12.0 Å². The Bertz CT molecular complexity index is 408. The summed E-state index contributed by atoms with van der Waals surface area (Å²) in [7, 11) is 1.39. The lowest BCUT2D eigenvalue weighted by Gasteiger charge is -2.12. The maximum Gasteiger partial charge on any atom is 0.337 e. The van der Waals surface area contributed by atoms with Gasteiger partial charge >= 0.3 is 5.97 Å². The highest BCUT2D eigenvalue weighted by molar-refractivity contribution is 7.98. The Hall–Kier alpha value is -1.27. The van der Waals surface area contributed by atoms with Crippen molar-refractivity contribution in [2.45, 2.75) is 11.0 Å². The maximum absolute atomic E-state index is 13.8. The largest absolute Gasteiger partial charge is 0.495 e. The van der Waals surface area contributed by atoms with Gasteiger partial charge in [0.1, 0.15) is 11.6 Å². The van der Waals surface area contributed by atoms with E-state index >= 15 is 0 Å². The summed E-state index contributed by atoms with van der Waals surface area (Å²) < 4.78 is 18.7. The zero-order valence-corrected chi connectivity index (χ0v) is 9.55. The molecule has 0 radical (unpaired) electrons. The lowest BCUT2D eigenvalue weighted by molar-refractivity contribution is -0.147. The Labute approximate surface area is 96.0 Å². The van der Waals surface area contributed by atoms with Crippen LogP contribution in [-0.2, 0) is 4.79 Å². The molecule has 0 saturated carbocycles. The van der Waals surface area contributed by atoms with E-state index in [-0.39, 0.29) is 10.5 Å². The van der Waals surface area contributed by atoms with Gasteiger partial charge < -0.3 is 14.9 Å². The van der Waals surface area contributed by atoms with E-state index in [1.54, 1.807) is 6.26 Å². The summed E-state index contributed by atoms with van der Waals surface area (Å²) in [6, 6.07) is 2.63. The van der Waals surface area contributed by atoms with Gasteiger partial charge in [-0.05, 0) is 18.4 Å². The molecule has 1 aromatic carbocycles. The number of thioether (sulfide) groups is 1. The number of methoxy groups -OCH3 is 1. The molecule has 0 aliphatic carbocycles. The topological polar surface area (TPSA) is 66.8 Å². The normalized spacial score (nSPS) is 12.2. The molecular weight excluding hydrogens is 235 g/mol. The average Bonchev–Trinajstić information content (AvgIpc) is 2.27. The van der Waals surface area contributed by atoms with E-state index in [1.807, 2.05) is 0 Å². The molecule has 0 bridgehead atoms. The predicted octanol–water partition coefficient (Wildman–Crippen LogP) is 1.67. The number of aliphatic carboxylic acids is 1. The molecule has 0 aliphatic heterocycles. The van der Waals surface area contributed by atoms with Crippen LogP contribution in [0, 0.1) is 5.82 Å². The SMILES string of the molecule is COc1ccc(C(O)C(=O)O)c(F)c1SC. The van der Waals surface area contributed by atoms with Gasteiger partial charge in [-0.1, -0.05) is 0 Å². The minimum atomic E-state index is -1.86. The lowest BCUT2D eigenvalue weighted by atomic mass is 10.1. The minimum absolute atomic E-state index is 0.181. The molecule has 0 fully saturated rings. The molecule has 0 heterocycles. The van der Waals surface area contributed by atoms with Crippen LogP contribution in [0.3, 0.4) is 0 Å². The fourth-order valence-electron chi connectivity index (χ4n) is 1.25. The highest BCUT2D eigenvalue weighted by Gasteiger charge is 2.23. The number of carboxylic acid groups (broad SMARTS) is 1. The monoisotopic (exact) mass is 246 g/mol. The van der Waals surface area contributed by atoms with E-state index in [2.05, 4.69) is 0 Å². The van der Waals surface area contributed by atoms with Crippen molar-refractivity contribution >= 4 is 17.7 Å². The van der Waals surface area contributed by atoms with Crippen LogP contribution in [0.25, 0.3) is 0 Å². The highest BCUT2D eigenvalue weighted by Crippen LogP contribution is 2.34. The van der Waals surface area contributed by atoms with Crippen molar-refractivity contribution in [1.29, 1.82) is 0 Å². The number of rotatable bonds is 4. The first kappa shape index (κ1) is 12.8. The number of ether oxygens (including phenoxy) is 1. The van der Waals surface area contributed by atoms with Crippen LogP contribution >= 0.6 is 11.8 Å². The van der Waals surface area contributed by atoms with Gasteiger partial charge in [0.2, 0.25) is 0 Å². The molecule has 0 aliphatic rings. The van der Waals surface area contributed by atoms with Crippen molar-refractivity contribution in [3.05, 3.63) is 23.5 Å². The van der Waals surface area contributed by atoms with Crippen molar-refractivity contribution in [3.63, 3.8) is 0 Å². The van der Waals surface area contributed by atoms with Crippen LogP contribution in [0.15, 0.2) is 17.0 Å². The van der Waals surface area contributed by atoms with Crippen LogP contribution < -0.4 is 4.74 Å². The zero-order valence-electron chi connectivity index (χ0n) is 8.73. The first-order valence-electron chi connectivity index (χ1n) is 4.34. The van der Waals surface area contributed by atoms with Crippen molar-refractivity contribution in [3.8, 4) is 5.75 Å². The van der Waals surface area contributed by atoms with E-state index in [0.717, 1.165) is 11.8 Å². The van der Waals surface area contributed by atoms with E-state index in [4.69, 9.17) is 9.84 Å². The molecule has 2 N–H and O–H groups in total. The Balaban J connectivity index is 3.29. The fraction of sp³-hybridized carbons (Fsp3) is 0.300. The molecule has 1 atom stereocenters. The number of halogens is 1. The van der Waals surface area contributed by atoms with E-state index in [1.165, 1.54) is 19.2 Å². The summed E-state index contributed by atoms with van der Waals surface area (Å²) in [5.74, 6) is -1.94. The average molecular weight is 246 g/mol. The van der Waals surface area contributed by atoms with Gasteiger partial charge in [-0.2, -0.15) is 0 Å². The van der Waals surface area contributed by atoms with E-state index in [0.29, 0.717) is 5.75 Å². The van der Waals surface area contributed by atoms with Crippen molar-refractivity contribution in [2.24, 2.45) is 0 Å². The van der Waals surface area contributed by atoms with E-state index < -0.39 is 17.9 Å². The summed E-state index contributed by atoms with van der Waals surface area (Å²) in [5, 5.41) is 17.9. The fourth-order valence-corrected chi connectivity index (χ4v) is 1.90. The number of aliphatic hydroxyl groups excluding tert-OH is 1. The standard InChI is InChI=1S/C10H11FO4S/c1-15-6-4-3-5(8(12)10(13)14)7(11)9(6)16-2/h3-4,8,12H,1-2H3,(H,13,14). The summed E-state index contributed by atoms with van der Waals surface area (Å²) in [6.45, 7) is 0. The predicted molar refractivity (Wildman–Crippen MR) is 57.3 cm³/mol. The smallest absolute Gasteiger partial charge is 0.337 e. The molecule has 6 heteroatoms. The van der Waals surface area contributed by atoms with Crippen LogP contribution in [0.5, 0.6) is 5.75 Å². The second kappa shape index (κ2) is 5.18. The zero-order chi connectivity index (χ0) is 12.3. The quantitative estimate of drug-likeness (QED) is 0.791. The van der Waals surface area contributed by atoms with Gasteiger partial charge in [-0.3, -0.25) is 0 Å². The molecular formula is C10H11FO4S. The summed E-state index contributed by atoms with van der Waals surface area (Å²) in [6.07, 6.45) is -0.227. The van der Waals surface area contributed by atoms with Crippen LogP contribution in [0.4, 0.5) is 4.39 Å². The third-order valence-corrected chi connectivity index (χ3v) is 2.83. The van der Waals surface area contributed by atoms with Crippen LogP contribution in [0.2, 0.25) is 0 Å². The van der Waals surface area contributed by atoms with Crippen LogP contribution in [-0.4, -0.2) is 29.5 Å². The molecule has 16 heavy (non-hydrogen) atoms. The van der Waals surface area contributed by atoms with Crippen LogP contribution in [0.1, 0.15) is 11.7 Å². The Morgan fingerprint density at radius 2 is 2.19 bits per heavy atom. The van der Waals surface area contributed by atoms with Crippen molar-refractivity contribution < 1.29 is 24.1 Å². The number of hydrogen-bond donors (Lipinski definition) is 2. The molecule has 1 aromatic rings. The first-order valence-corrected chi connectivity index (χ1v) is 5.56. The van der Waals surface area contributed by atoms with Gasteiger partial charge in [0.25, 0.3) is 0 Å². The molecule has 0 amide bonds. The van der Waals surface area contributed by atoms with Gasteiger partial charge in [-0.25, -0.2) is 9.18 Å². The number of carbonyl (C=O) groups is 1. The lowest BCUT2D eigenvalue weighted by Crippen LogP contribution is -2.12. The summed E-state index contributed by atoms with van der Waals surface area (Å²) >= 11 is 1.09. The van der Waals surface area contributed by atoms with Crippen molar-refractivity contribution in [2.75, 3.05) is 13.4 Å². The molecule has 1 rings (SSSR count). The minimum Gasteiger partial charge on any atom is -0.495 e. The number of hydrogen-bond acceptors (Lipinski definition) is 4. The number of benzene rings is 1. The molecule has 0 saturated heterocycles. The molecule has 1 unspecified atom stereocenters. The Morgan fingerprint density at radius 3 is 2.62 bits per heavy atom. The molecule has 4 nitrogen and oxygen atoms in total. The van der Waals surface area contributed by atoms with Gasteiger partial charge in [0.15, 0.2) is 6.10 Å². The third-order valence-electron chi connectivity index (χ3n) is 2.04. The Morgan fingerprint density at radius 1 is 1.56 bits per heavy atom. The van der Waals surface area contributed by atoms with Gasteiger partial charge in [-0.15, -0.1) is 11.8 Å². The molecule has 88 valence electrons.